The Kier molecular flexibility index (Phi) is 5.78. The second-order valence-corrected chi connectivity index (χ2v) is 5.70. The van der Waals surface area contributed by atoms with Crippen LogP contribution in [0.2, 0.25) is 0 Å². The van der Waals surface area contributed by atoms with E-state index in [0.717, 1.165) is 16.8 Å². The van der Waals surface area contributed by atoms with Gasteiger partial charge in [0, 0.05) is 5.69 Å². The summed E-state index contributed by atoms with van der Waals surface area (Å²) < 4.78 is 12.4. The van der Waals surface area contributed by atoms with E-state index in [-0.39, 0.29) is 12.5 Å². The topological polar surface area (TPSA) is 90.6 Å². The minimum absolute atomic E-state index is 0.127. The van der Waals surface area contributed by atoms with Crippen molar-refractivity contribution in [3.05, 3.63) is 66.2 Å². The average molecular weight is 365 g/mol. The summed E-state index contributed by atoms with van der Waals surface area (Å²) in [7, 11) is 1.54. The molecular weight excluding hydrogens is 346 g/mol. The van der Waals surface area contributed by atoms with Crippen LogP contribution in [-0.2, 0) is 4.79 Å². The fourth-order valence-electron chi connectivity index (χ4n) is 2.34. The summed E-state index contributed by atoms with van der Waals surface area (Å²) in [4.78, 5) is 12.1. The number of nitrogens with one attached hydrogen (secondary N) is 1. The molecule has 0 aliphatic heterocycles. The molecule has 0 saturated carbocycles. The summed E-state index contributed by atoms with van der Waals surface area (Å²) in [6.45, 7) is 1.84. The number of rotatable bonds is 7. The molecule has 2 aromatic carbocycles. The number of carbonyl (C=O) groups excluding carboxylic acids is 1. The van der Waals surface area contributed by atoms with Crippen molar-refractivity contribution >= 4 is 17.8 Å². The molecule has 1 amide bonds. The van der Waals surface area contributed by atoms with Crippen LogP contribution in [-0.4, -0.2) is 40.7 Å². The summed E-state index contributed by atoms with van der Waals surface area (Å²) in [6.07, 6.45) is 4.61. The highest BCUT2D eigenvalue weighted by molar-refractivity contribution is 5.92. The van der Waals surface area contributed by atoms with Gasteiger partial charge in [0.25, 0.3) is 5.91 Å². The third-order valence-corrected chi connectivity index (χ3v) is 3.59. The van der Waals surface area contributed by atoms with Crippen molar-refractivity contribution in [1.82, 2.24) is 14.9 Å². The lowest BCUT2D eigenvalue weighted by Gasteiger charge is -2.11. The minimum atomic E-state index is -0.249. The first-order chi connectivity index (χ1) is 13.1. The van der Waals surface area contributed by atoms with Gasteiger partial charge in [-0.3, -0.25) is 4.79 Å². The van der Waals surface area contributed by atoms with Crippen LogP contribution < -0.4 is 14.8 Å². The summed E-state index contributed by atoms with van der Waals surface area (Å²) >= 11 is 0. The number of nitrogens with zero attached hydrogens (tertiary/aromatic N) is 4. The quantitative estimate of drug-likeness (QED) is 0.650. The molecule has 0 fully saturated rings. The van der Waals surface area contributed by atoms with E-state index in [1.807, 2.05) is 37.3 Å². The van der Waals surface area contributed by atoms with E-state index in [1.54, 1.807) is 18.3 Å². The maximum Gasteiger partial charge on any atom is 0.262 e. The van der Waals surface area contributed by atoms with Crippen LogP contribution in [0, 0.1) is 6.92 Å². The summed E-state index contributed by atoms with van der Waals surface area (Å²) in [6, 6.07) is 12.9. The highest BCUT2D eigenvalue weighted by Gasteiger charge is 2.09. The van der Waals surface area contributed by atoms with Crippen molar-refractivity contribution in [2.75, 3.05) is 19.0 Å². The molecule has 8 heteroatoms. The molecule has 0 atom stereocenters. The molecular formula is C19H19N5O3. The fourth-order valence-corrected chi connectivity index (χ4v) is 2.34. The molecule has 3 aromatic rings. The lowest BCUT2D eigenvalue weighted by Crippen LogP contribution is -2.20. The van der Waals surface area contributed by atoms with Crippen LogP contribution in [0.1, 0.15) is 11.1 Å². The Morgan fingerprint density at radius 3 is 2.74 bits per heavy atom. The molecule has 0 aliphatic rings. The molecule has 27 heavy (non-hydrogen) atoms. The Morgan fingerprint density at radius 2 is 2.00 bits per heavy atom. The first-order valence-corrected chi connectivity index (χ1v) is 8.20. The van der Waals surface area contributed by atoms with Crippen LogP contribution in [0.3, 0.4) is 0 Å². The SMILES string of the molecule is COc1cc(/C=N/n2cnnc2)ccc1OCC(=O)Nc1cccc(C)c1. The summed E-state index contributed by atoms with van der Waals surface area (Å²) in [5.74, 6) is 0.727. The number of aromatic nitrogens is 3. The van der Waals surface area contributed by atoms with Gasteiger partial charge in [0.1, 0.15) is 12.7 Å². The van der Waals surface area contributed by atoms with Gasteiger partial charge < -0.3 is 14.8 Å². The van der Waals surface area contributed by atoms with E-state index >= 15 is 0 Å². The zero-order valence-corrected chi connectivity index (χ0v) is 15.0. The van der Waals surface area contributed by atoms with Gasteiger partial charge in [0.15, 0.2) is 18.1 Å². The number of carbonyl (C=O) groups is 1. The number of ether oxygens (including phenoxy) is 2. The first-order valence-electron chi connectivity index (χ1n) is 8.20. The molecule has 0 bridgehead atoms. The van der Waals surface area contributed by atoms with Gasteiger partial charge in [0.2, 0.25) is 0 Å². The molecule has 0 saturated heterocycles. The molecule has 0 radical (unpaired) electrons. The predicted octanol–water partition coefficient (Wildman–Crippen LogP) is 2.49. The maximum absolute atomic E-state index is 12.1. The Bertz CT molecular complexity index is 938. The van der Waals surface area contributed by atoms with E-state index in [0.29, 0.717) is 11.5 Å². The average Bonchev–Trinajstić information content (AvgIpc) is 3.18. The fraction of sp³-hybridized carbons (Fsp3) is 0.158. The van der Waals surface area contributed by atoms with Crippen LogP contribution in [0.4, 0.5) is 5.69 Å². The number of anilines is 1. The third kappa shape index (κ3) is 5.15. The third-order valence-electron chi connectivity index (χ3n) is 3.59. The number of hydrogen-bond acceptors (Lipinski definition) is 6. The number of hydrogen-bond donors (Lipinski definition) is 1. The zero-order valence-electron chi connectivity index (χ0n) is 15.0. The van der Waals surface area contributed by atoms with E-state index < -0.39 is 0 Å². The van der Waals surface area contributed by atoms with Gasteiger partial charge in [-0.05, 0) is 48.4 Å². The van der Waals surface area contributed by atoms with Crippen molar-refractivity contribution in [3.8, 4) is 11.5 Å². The second-order valence-electron chi connectivity index (χ2n) is 5.70. The Labute approximate surface area is 156 Å². The van der Waals surface area contributed by atoms with Crippen LogP contribution in [0.25, 0.3) is 0 Å². The van der Waals surface area contributed by atoms with Crippen molar-refractivity contribution in [2.45, 2.75) is 6.92 Å². The highest BCUT2D eigenvalue weighted by atomic mass is 16.5. The number of methoxy groups -OCH3 is 1. The number of aryl methyl sites for hydroxylation is 1. The van der Waals surface area contributed by atoms with E-state index in [9.17, 15) is 4.79 Å². The molecule has 0 unspecified atom stereocenters. The van der Waals surface area contributed by atoms with Crippen molar-refractivity contribution in [1.29, 1.82) is 0 Å². The van der Waals surface area contributed by atoms with Gasteiger partial charge in [-0.1, -0.05) is 12.1 Å². The largest absolute Gasteiger partial charge is 0.493 e. The Hall–Kier alpha value is -3.68. The Balaban J connectivity index is 1.61. The monoisotopic (exact) mass is 365 g/mol. The number of benzene rings is 2. The molecule has 1 N–H and O–H groups in total. The lowest BCUT2D eigenvalue weighted by atomic mass is 10.2. The van der Waals surface area contributed by atoms with Gasteiger partial charge in [0.05, 0.1) is 13.3 Å². The molecule has 138 valence electrons. The predicted molar refractivity (Wildman–Crippen MR) is 101 cm³/mol. The highest BCUT2D eigenvalue weighted by Crippen LogP contribution is 2.27. The Morgan fingerprint density at radius 1 is 1.19 bits per heavy atom. The lowest BCUT2D eigenvalue weighted by molar-refractivity contribution is -0.118. The van der Waals surface area contributed by atoms with E-state index in [1.165, 1.54) is 24.4 Å². The molecule has 0 spiro atoms. The van der Waals surface area contributed by atoms with Gasteiger partial charge in [-0.15, -0.1) is 10.2 Å². The van der Waals surface area contributed by atoms with Crippen molar-refractivity contribution in [2.24, 2.45) is 5.10 Å². The normalized spacial score (nSPS) is 10.7. The molecule has 8 nitrogen and oxygen atoms in total. The smallest absolute Gasteiger partial charge is 0.262 e. The summed E-state index contributed by atoms with van der Waals surface area (Å²) in [5.41, 5.74) is 2.60. The van der Waals surface area contributed by atoms with Gasteiger partial charge in [-0.25, -0.2) is 4.68 Å². The van der Waals surface area contributed by atoms with Crippen molar-refractivity contribution < 1.29 is 14.3 Å². The summed E-state index contributed by atoms with van der Waals surface area (Å²) in [5, 5.41) is 14.3. The van der Waals surface area contributed by atoms with Crippen LogP contribution in [0.15, 0.2) is 60.2 Å². The standard InChI is InChI=1S/C19H19N5O3/c1-14-4-3-5-16(8-14)23-19(25)11-27-17-7-6-15(9-18(17)26-2)10-22-24-12-20-21-13-24/h3-10,12-13H,11H2,1-2H3,(H,23,25)/b22-10+. The maximum atomic E-state index is 12.1. The first kappa shape index (κ1) is 18.1. The number of amides is 1. The van der Waals surface area contributed by atoms with Crippen LogP contribution >= 0.6 is 0 Å². The zero-order chi connectivity index (χ0) is 19.1. The second kappa shape index (κ2) is 8.61. The van der Waals surface area contributed by atoms with E-state index in [4.69, 9.17) is 9.47 Å². The van der Waals surface area contributed by atoms with E-state index in [2.05, 4.69) is 20.6 Å². The minimum Gasteiger partial charge on any atom is -0.493 e. The van der Waals surface area contributed by atoms with Crippen molar-refractivity contribution in [3.63, 3.8) is 0 Å². The van der Waals surface area contributed by atoms with Gasteiger partial charge >= 0.3 is 0 Å². The molecule has 0 aliphatic carbocycles. The molecule has 1 aromatic heterocycles. The van der Waals surface area contributed by atoms with Gasteiger partial charge in [-0.2, -0.15) is 5.10 Å². The molecule has 1 heterocycles. The van der Waals surface area contributed by atoms with Crippen LogP contribution in [0.5, 0.6) is 11.5 Å². The molecule has 3 rings (SSSR count).